The van der Waals surface area contributed by atoms with E-state index in [-0.39, 0.29) is 12.0 Å². The molecule has 0 radical (unpaired) electrons. The highest BCUT2D eigenvalue weighted by Gasteiger charge is 2.56. The largest absolute Gasteiger partial charge is 0.453 e. The summed E-state index contributed by atoms with van der Waals surface area (Å²) in [5.41, 5.74) is -0.243. The molecule has 1 heterocycles. The minimum atomic E-state index is -5.50. The van der Waals surface area contributed by atoms with Gasteiger partial charge in [-0.25, -0.2) is 0 Å². The Labute approximate surface area is 89.7 Å². The molecule has 0 aromatic carbocycles. The summed E-state index contributed by atoms with van der Waals surface area (Å²) >= 11 is 0. The van der Waals surface area contributed by atoms with Crippen LogP contribution in [0, 0.1) is 5.41 Å². The molecule has 0 unspecified atom stereocenters. The van der Waals surface area contributed by atoms with Crippen molar-refractivity contribution >= 4 is 0 Å². The zero-order valence-electron chi connectivity index (χ0n) is 8.74. The Morgan fingerprint density at radius 2 is 1.75 bits per heavy atom. The van der Waals surface area contributed by atoms with Crippen LogP contribution in [0.2, 0.25) is 0 Å². The first-order chi connectivity index (χ1) is 7.16. The summed E-state index contributed by atoms with van der Waals surface area (Å²) in [6.45, 7) is 2.24. The van der Waals surface area contributed by atoms with Crippen LogP contribution in [0.3, 0.4) is 0 Å². The Kier molecular flexibility index (Phi) is 3.79. The van der Waals surface area contributed by atoms with Crippen molar-refractivity contribution in [3.8, 4) is 0 Å². The van der Waals surface area contributed by atoms with E-state index in [4.69, 9.17) is 9.47 Å². The molecule has 1 aliphatic heterocycles. The van der Waals surface area contributed by atoms with E-state index in [1.54, 1.807) is 0 Å². The number of halogens is 5. The van der Waals surface area contributed by atoms with Crippen molar-refractivity contribution in [3.05, 3.63) is 0 Å². The third-order valence-corrected chi connectivity index (χ3v) is 2.33. The Hall–Kier alpha value is -0.430. The minimum absolute atomic E-state index is 0.140. The second-order valence-corrected chi connectivity index (χ2v) is 4.31. The molecule has 0 amide bonds. The Balaban J connectivity index is 2.20. The normalized spacial score (nSPS) is 20.6. The topological polar surface area (TPSA) is 18.5 Å². The fraction of sp³-hybridized carbons (Fsp3) is 1.00. The number of ether oxygens (including phenoxy) is 2. The van der Waals surface area contributed by atoms with E-state index >= 15 is 0 Å². The first-order valence-electron chi connectivity index (χ1n) is 4.76. The van der Waals surface area contributed by atoms with E-state index in [1.165, 1.54) is 0 Å². The van der Waals surface area contributed by atoms with Gasteiger partial charge in [-0.05, 0) is 0 Å². The Bertz CT molecular complexity index is 235. The fourth-order valence-electron chi connectivity index (χ4n) is 1.19. The number of rotatable bonds is 5. The minimum Gasteiger partial charge on any atom is -0.380 e. The lowest BCUT2D eigenvalue weighted by molar-refractivity contribution is -0.287. The smallest absolute Gasteiger partial charge is 0.380 e. The molecule has 0 atom stereocenters. The zero-order chi connectivity index (χ0) is 12.4. The van der Waals surface area contributed by atoms with E-state index in [2.05, 4.69) is 0 Å². The summed E-state index contributed by atoms with van der Waals surface area (Å²) < 4.78 is 69.8. The number of hydrogen-bond acceptors (Lipinski definition) is 2. The fourth-order valence-corrected chi connectivity index (χ4v) is 1.19. The lowest BCUT2D eigenvalue weighted by Gasteiger charge is -2.37. The van der Waals surface area contributed by atoms with Gasteiger partial charge in [0.2, 0.25) is 0 Å². The maximum absolute atomic E-state index is 12.4. The summed E-state index contributed by atoms with van der Waals surface area (Å²) in [4.78, 5) is 0. The Morgan fingerprint density at radius 1 is 1.19 bits per heavy atom. The average Bonchev–Trinajstić information content (AvgIpc) is 2.07. The van der Waals surface area contributed by atoms with Crippen LogP contribution in [0.4, 0.5) is 22.0 Å². The van der Waals surface area contributed by atoms with Crippen LogP contribution in [-0.2, 0) is 9.47 Å². The van der Waals surface area contributed by atoms with Gasteiger partial charge in [0.25, 0.3) is 0 Å². The first kappa shape index (κ1) is 13.6. The van der Waals surface area contributed by atoms with Gasteiger partial charge < -0.3 is 9.47 Å². The van der Waals surface area contributed by atoms with Crippen LogP contribution in [0.1, 0.15) is 13.3 Å². The SMILES string of the molecule is CC1(COCCC(F)(F)C(F)(F)F)COC1. The molecule has 0 aliphatic carbocycles. The van der Waals surface area contributed by atoms with Crippen LogP contribution in [0.15, 0.2) is 0 Å². The molecule has 96 valence electrons. The molecule has 7 heteroatoms. The highest BCUT2D eigenvalue weighted by molar-refractivity contribution is 4.80. The summed E-state index contributed by atoms with van der Waals surface area (Å²) in [5.74, 6) is -4.68. The van der Waals surface area contributed by atoms with Crippen LogP contribution in [0.25, 0.3) is 0 Å². The highest BCUT2D eigenvalue weighted by Crippen LogP contribution is 2.38. The van der Waals surface area contributed by atoms with Crippen LogP contribution in [0.5, 0.6) is 0 Å². The zero-order valence-corrected chi connectivity index (χ0v) is 8.74. The molecule has 2 nitrogen and oxygen atoms in total. The lowest BCUT2D eigenvalue weighted by Crippen LogP contribution is -2.44. The first-order valence-corrected chi connectivity index (χ1v) is 4.76. The molecule has 16 heavy (non-hydrogen) atoms. The van der Waals surface area contributed by atoms with Gasteiger partial charge in [0, 0.05) is 11.8 Å². The highest BCUT2D eigenvalue weighted by atomic mass is 19.4. The molecule has 0 aromatic rings. The van der Waals surface area contributed by atoms with E-state index in [0.29, 0.717) is 13.2 Å². The van der Waals surface area contributed by atoms with Crippen LogP contribution >= 0.6 is 0 Å². The maximum atomic E-state index is 12.4. The van der Waals surface area contributed by atoms with Gasteiger partial charge in [-0.2, -0.15) is 22.0 Å². The van der Waals surface area contributed by atoms with Gasteiger partial charge in [0.1, 0.15) is 0 Å². The van der Waals surface area contributed by atoms with Crippen molar-refractivity contribution in [2.24, 2.45) is 5.41 Å². The summed E-state index contributed by atoms with van der Waals surface area (Å²) in [7, 11) is 0. The molecule has 0 bridgehead atoms. The average molecular weight is 248 g/mol. The Morgan fingerprint density at radius 3 is 2.12 bits per heavy atom. The molecule has 1 rings (SSSR count). The van der Waals surface area contributed by atoms with Crippen molar-refractivity contribution in [1.82, 2.24) is 0 Å². The van der Waals surface area contributed by atoms with Gasteiger partial charge in [-0.3, -0.25) is 0 Å². The molecule has 0 saturated carbocycles. The van der Waals surface area contributed by atoms with Crippen molar-refractivity contribution in [2.45, 2.75) is 25.4 Å². The molecule has 1 aliphatic rings. The van der Waals surface area contributed by atoms with E-state index in [1.807, 2.05) is 6.92 Å². The van der Waals surface area contributed by atoms with Crippen molar-refractivity contribution < 1.29 is 31.4 Å². The quantitative estimate of drug-likeness (QED) is 0.550. The molecular formula is C9H13F5O2. The summed E-state index contributed by atoms with van der Waals surface area (Å²) in [6, 6.07) is 0. The monoisotopic (exact) mass is 248 g/mol. The molecule has 1 saturated heterocycles. The summed E-state index contributed by atoms with van der Waals surface area (Å²) in [5, 5.41) is 0. The third kappa shape index (κ3) is 3.28. The summed E-state index contributed by atoms with van der Waals surface area (Å²) in [6.07, 6.45) is -6.84. The van der Waals surface area contributed by atoms with Crippen molar-refractivity contribution in [3.63, 3.8) is 0 Å². The second-order valence-electron chi connectivity index (χ2n) is 4.31. The van der Waals surface area contributed by atoms with Gasteiger partial charge in [-0.1, -0.05) is 6.92 Å². The van der Waals surface area contributed by atoms with Crippen LogP contribution in [-0.4, -0.2) is 38.5 Å². The van der Waals surface area contributed by atoms with E-state index < -0.39 is 25.1 Å². The molecule has 0 aromatic heterocycles. The molecular weight excluding hydrogens is 235 g/mol. The molecule has 1 fully saturated rings. The van der Waals surface area contributed by atoms with Gasteiger partial charge in [-0.15, -0.1) is 0 Å². The number of alkyl halides is 5. The van der Waals surface area contributed by atoms with Gasteiger partial charge in [0.05, 0.1) is 26.4 Å². The predicted octanol–water partition coefficient (Wildman–Crippen LogP) is 2.63. The number of hydrogen-bond donors (Lipinski definition) is 0. The van der Waals surface area contributed by atoms with Crippen LogP contribution < -0.4 is 0 Å². The maximum Gasteiger partial charge on any atom is 0.453 e. The standard InChI is InChI=1S/C9H13F5O2/c1-7(5-16-6-7)4-15-3-2-8(10,11)9(12,13)14/h2-6H2,1H3. The van der Waals surface area contributed by atoms with Crippen molar-refractivity contribution in [2.75, 3.05) is 26.4 Å². The van der Waals surface area contributed by atoms with E-state index in [0.717, 1.165) is 0 Å². The molecule has 0 N–H and O–H groups in total. The van der Waals surface area contributed by atoms with Gasteiger partial charge >= 0.3 is 12.1 Å². The van der Waals surface area contributed by atoms with E-state index in [9.17, 15) is 22.0 Å². The molecule has 0 spiro atoms. The lowest BCUT2D eigenvalue weighted by atomic mass is 9.90. The third-order valence-electron chi connectivity index (χ3n) is 2.33. The predicted molar refractivity (Wildman–Crippen MR) is 45.4 cm³/mol. The van der Waals surface area contributed by atoms with Gasteiger partial charge in [0.15, 0.2) is 0 Å². The van der Waals surface area contributed by atoms with Crippen molar-refractivity contribution in [1.29, 1.82) is 0 Å². The second kappa shape index (κ2) is 4.44.